The molecule has 1 unspecified atom stereocenters. The Labute approximate surface area is 144 Å². The molecule has 0 aliphatic rings. The Morgan fingerprint density at radius 1 is 1.12 bits per heavy atom. The first-order valence-corrected chi connectivity index (χ1v) is 8.18. The Morgan fingerprint density at radius 3 is 2.62 bits per heavy atom. The summed E-state index contributed by atoms with van der Waals surface area (Å²) < 4.78 is 5.96. The van der Waals surface area contributed by atoms with E-state index >= 15 is 0 Å². The van der Waals surface area contributed by atoms with Crippen LogP contribution in [0.4, 0.5) is 0 Å². The van der Waals surface area contributed by atoms with Crippen molar-refractivity contribution in [3.05, 3.63) is 59.4 Å². The van der Waals surface area contributed by atoms with Gasteiger partial charge in [-0.2, -0.15) is 0 Å². The van der Waals surface area contributed by atoms with E-state index in [0.29, 0.717) is 13.1 Å². The highest BCUT2D eigenvalue weighted by Crippen LogP contribution is 2.17. The smallest absolute Gasteiger partial charge is 0.191 e. The van der Waals surface area contributed by atoms with Crippen LogP contribution < -0.4 is 15.4 Å². The van der Waals surface area contributed by atoms with Crippen LogP contribution in [-0.2, 0) is 6.54 Å². The molecule has 0 aliphatic carbocycles. The molecule has 1 aromatic heterocycles. The standard InChI is InChI=1S/C19H26N4O/c1-14-8-5-6-11-18(14)24-16(3)12-21-19(20-4)22-13-17-10-7-9-15(2)23-17/h5-11,16H,12-13H2,1-4H3,(H2,20,21,22). The number of ether oxygens (including phenoxy) is 1. The van der Waals surface area contributed by atoms with Gasteiger partial charge in [-0.15, -0.1) is 0 Å². The van der Waals surface area contributed by atoms with E-state index in [-0.39, 0.29) is 6.10 Å². The SMILES string of the molecule is CN=C(NCc1cccc(C)n1)NCC(C)Oc1ccccc1C. The van der Waals surface area contributed by atoms with Crippen LogP contribution in [0.1, 0.15) is 23.9 Å². The van der Waals surface area contributed by atoms with Gasteiger partial charge in [-0.1, -0.05) is 24.3 Å². The zero-order valence-electron chi connectivity index (χ0n) is 14.8. The van der Waals surface area contributed by atoms with Gasteiger partial charge in [0.2, 0.25) is 0 Å². The van der Waals surface area contributed by atoms with Crippen LogP contribution in [0.25, 0.3) is 0 Å². The molecule has 0 amide bonds. The second-order valence-corrected chi connectivity index (χ2v) is 5.77. The number of guanidine groups is 1. The summed E-state index contributed by atoms with van der Waals surface area (Å²) in [6.07, 6.45) is 0.0294. The molecule has 1 atom stereocenters. The number of nitrogens with one attached hydrogen (secondary N) is 2. The molecule has 5 nitrogen and oxygen atoms in total. The van der Waals surface area contributed by atoms with Crippen LogP contribution in [0, 0.1) is 13.8 Å². The Balaban J connectivity index is 1.79. The third-order valence-corrected chi connectivity index (χ3v) is 3.59. The number of aryl methyl sites for hydroxylation is 2. The first kappa shape index (κ1) is 17.8. The molecule has 0 aliphatic heterocycles. The normalized spacial score (nSPS) is 12.6. The number of rotatable bonds is 6. The molecule has 2 N–H and O–H groups in total. The van der Waals surface area contributed by atoms with Crippen LogP contribution in [0.5, 0.6) is 5.75 Å². The minimum atomic E-state index is 0.0294. The molecule has 0 radical (unpaired) electrons. The Hall–Kier alpha value is -2.56. The lowest BCUT2D eigenvalue weighted by atomic mass is 10.2. The number of benzene rings is 1. The molecule has 1 aromatic carbocycles. The fourth-order valence-corrected chi connectivity index (χ4v) is 2.28. The zero-order chi connectivity index (χ0) is 17.4. The van der Waals surface area contributed by atoms with Gasteiger partial charge in [-0.3, -0.25) is 9.98 Å². The summed E-state index contributed by atoms with van der Waals surface area (Å²) in [5.74, 6) is 1.65. The lowest BCUT2D eigenvalue weighted by Crippen LogP contribution is -2.41. The Kier molecular flexibility index (Phi) is 6.61. The number of hydrogen-bond donors (Lipinski definition) is 2. The highest BCUT2D eigenvalue weighted by atomic mass is 16.5. The monoisotopic (exact) mass is 326 g/mol. The van der Waals surface area contributed by atoms with Crippen molar-refractivity contribution in [2.24, 2.45) is 4.99 Å². The number of hydrogen-bond acceptors (Lipinski definition) is 3. The second-order valence-electron chi connectivity index (χ2n) is 5.77. The minimum Gasteiger partial charge on any atom is -0.489 e. The lowest BCUT2D eigenvalue weighted by Gasteiger charge is -2.18. The molecule has 1 heterocycles. The molecule has 0 saturated heterocycles. The quantitative estimate of drug-likeness (QED) is 0.633. The molecule has 0 saturated carbocycles. The van der Waals surface area contributed by atoms with E-state index < -0.39 is 0 Å². The Morgan fingerprint density at radius 2 is 1.92 bits per heavy atom. The highest BCUT2D eigenvalue weighted by Gasteiger charge is 2.07. The summed E-state index contributed by atoms with van der Waals surface area (Å²) in [6.45, 7) is 7.37. The number of nitrogens with zero attached hydrogens (tertiary/aromatic N) is 2. The predicted octanol–water partition coefficient (Wildman–Crippen LogP) is 2.83. The van der Waals surface area contributed by atoms with Crippen LogP contribution in [0.15, 0.2) is 47.5 Å². The second kappa shape index (κ2) is 8.91. The van der Waals surface area contributed by atoms with Crippen molar-refractivity contribution in [3.8, 4) is 5.75 Å². The fraction of sp³-hybridized carbons (Fsp3) is 0.368. The predicted molar refractivity (Wildman–Crippen MR) is 98.4 cm³/mol. The number of aromatic nitrogens is 1. The largest absolute Gasteiger partial charge is 0.489 e. The molecular weight excluding hydrogens is 300 g/mol. The van der Waals surface area contributed by atoms with Crippen molar-refractivity contribution >= 4 is 5.96 Å². The molecule has 2 aromatic rings. The highest BCUT2D eigenvalue weighted by molar-refractivity contribution is 5.79. The van der Waals surface area contributed by atoms with E-state index in [1.54, 1.807) is 7.05 Å². The van der Waals surface area contributed by atoms with E-state index in [0.717, 1.165) is 28.7 Å². The van der Waals surface area contributed by atoms with Gasteiger partial charge >= 0.3 is 0 Å². The number of pyridine rings is 1. The number of para-hydroxylation sites is 1. The van der Waals surface area contributed by atoms with E-state index in [1.165, 1.54) is 0 Å². The first-order valence-electron chi connectivity index (χ1n) is 8.18. The third kappa shape index (κ3) is 5.57. The van der Waals surface area contributed by atoms with Gasteiger partial charge < -0.3 is 15.4 Å². The molecule has 0 spiro atoms. The van der Waals surface area contributed by atoms with Gasteiger partial charge in [0.1, 0.15) is 11.9 Å². The summed E-state index contributed by atoms with van der Waals surface area (Å²) in [7, 11) is 1.76. The molecule has 0 bridgehead atoms. The van der Waals surface area contributed by atoms with Crippen molar-refractivity contribution < 1.29 is 4.74 Å². The van der Waals surface area contributed by atoms with E-state index in [4.69, 9.17) is 4.74 Å². The Bertz CT molecular complexity index is 685. The van der Waals surface area contributed by atoms with Gasteiger partial charge in [0.25, 0.3) is 0 Å². The molecule has 128 valence electrons. The first-order chi connectivity index (χ1) is 11.6. The van der Waals surface area contributed by atoms with Crippen LogP contribution in [-0.4, -0.2) is 30.6 Å². The zero-order valence-corrected chi connectivity index (χ0v) is 14.8. The maximum absolute atomic E-state index is 5.96. The van der Waals surface area contributed by atoms with E-state index in [1.807, 2.05) is 63.2 Å². The fourth-order valence-electron chi connectivity index (χ4n) is 2.28. The molecule has 0 fully saturated rings. The summed E-state index contributed by atoms with van der Waals surface area (Å²) in [4.78, 5) is 8.70. The summed E-state index contributed by atoms with van der Waals surface area (Å²) >= 11 is 0. The van der Waals surface area contributed by atoms with Gasteiger partial charge in [0.05, 0.1) is 18.8 Å². The van der Waals surface area contributed by atoms with Crippen LogP contribution in [0.3, 0.4) is 0 Å². The third-order valence-electron chi connectivity index (χ3n) is 3.59. The molecule has 24 heavy (non-hydrogen) atoms. The van der Waals surface area contributed by atoms with Gasteiger partial charge in [-0.25, -0.2) is 0 Å². The average Bonchev–Trinajstić information content (AvgIpc) is 2.57. The van der Waals surface area contributed by atoms with E-state index in [9.17, 15) is 0 Å². The summed E-state index contributed by atoms with van der Waals surface area (Å²) in [5, 5.41) is 6.54. The van der Waals surface area contributed by atoms with Crippen molar-refractivity contribution in [2.75, 3.05) is 13.6 Å². The van der Waals surface area contributed by atoms with Crippen LogP contribution in [0.2, 0.25) is 0 Å². The van der Waals surface area contributed by atoms with E-state index in [2.05, 4.69) is 20.6 Å². The lowest BCUT2D eigenvalue weighted by molar-refractivity contribution is 0.222. The van der Waals surface area contributed by atoms with Gasteiger partial charge in [0.15, 0.2) is 5.96 Å². The van der Waals surface area contributed by atoms with Crippen molar-refractivity contribution in [3.63, 3.8) is 0 Å². The van der Waals surface area contributed by atoms with Gasteiger partial charge in [-0.05, 0) is 44.5 Å². The minimum absolute atomic E-state index is 0.0294. The maximum atomic E-state index is 5.96. The molecular formula is C19H26N4O. The van der Waals surface area contributed by atoms with Crippen molar-refractivity contribution in [2.45, 2.75) is 33.4 Å². The molecule has 5 heteroatoms. The van der Waals surface area contributed by atoms with Crippen molar-refractivity contribution in [1.29, 1.82) is 0 Å². The average molecular weight is 326 g/mol. The van der Waals surface area contributed by atoms with Gasteiger partial charge in [0, 0.05) is 12.7 Å². The maximum Gasteiger partial charge on any atom is 0.191 e. The summed E-state index contributed by atoms with van der Waals surface area (Å²) in [6, 6.07) is 14.0. The molecule has 2 rings (SSSR count). The van der Waals surface area contributed by atoms with Crippen molar-refractivity contribution in [1.82, 2.24) is 15.6 Å². The van der Waals surface area contributed by atoms with Crippen LogP contribution >= 0.6 is 0 Å². The number of aliphatic imine (C=N–C) groups is 1. The summed E-state index contributed by atoms with van der Waals surface area (Å²) in [5.41, 5.74) is 3.14. The topological polar surface area (TPSA) is 58.5 Å².